The number of carboxylic acids is 1. The number of carbonyl (C=O) groups is 2. The van der Waals surface area contributed by atoms with Crippen LogP contribution in [0, 0.1) is 0 Å². The Balaban J connectivity index is 2.49. The molecular weight excluding hydrogens is 246 g/mol. The fourth-order valence-corrected chi connectivity index (χ4v) is 1.54. The molecule has 19 heavy (non-hydrogen) atoms. The van der Waals surface area contributed by atoms with Gasteiger partial charge in [0.15, 0.2) is 0 Å². The van der Waals surface area contributed by atoms with Gasteiger partial charge in [0.05, 0.1) is 6.61 Å². The lowest BCUT2D eigenvalue weighted by Gasteiger charge is -2.14. The van der Waals surface area contributed by atoms with E-state index >= 15 is 0 Å². The molecule has 0 aliphatic carbocycles. The molecule has 0 saturated carbocycles. The van der Waals surface area contributed by atoms with Crippen LogP contribution in [0.15, 0.2) is 30.3 Å². The van der Waals surface area contributed by atoms with E-state index in [4.69, 9.17) is 9.84 Å². The van der Waals surface area contributed by atoms with Crippen LogP contribution >= 0.6 is 0 Å². The first-order chi connectivity index (χ1) is 9.13. The van der Waals surface area contributed by atoms with Gasteiger partial charge >= 0.3 is 12.1 Å². The molecule has 0 heterocycles. The van der Waals surface area contributed by atoms with Crippen molar-refractivity contribution in [2.75, 3.05) is 6.61 Å². The third-order valence-electron chi connectivity index (χ3n) is 2.60. The molecule has 5 nitrogen and oxygen atoms in total. The van der Waals surface area contributed by atoms with Crippen LogP contribution in [-0.4, -0.2) is 29.8 Å². The summed E-state index contributed by atoms with van der Waals surface area (Å²) in [5, 5.41) is 11.4. The van der Waals surface area contributed by atoms with Gasteiger partial charge in [-0.2, -0.15) is 0 Å². The molecule has 1 aromatic rings. The Morgan fingerprint density at radius 2 is 2.00 bits per heavy atom. The van der Waals surface area contributed by atoms with Gasteiger partial charge in [0.25, 0.3) is 0 Å². The van der Waals surface area contributed by atoms with E-state index < -0.39 is 18.1 Å². The fourth-order valence-electron chi connectivity index (χ4n) is 1.54. The number of nitrogens with one attached hydrogen (secondary N) is 1. The van der Waals surface area contributed by atoms with E-state index in [1.807, 2.05) is 37.3 Å². The zero-order valence-electron chi connectivity index (χ0n) is 11.0. The van der Waals surface area contributed by atoms with Crippen LogP contribution in [0.1, 0.15) is 25.3 Å². The van der Waals surface area contributed by atoms with Gasteiger partial charge < -0.3 is 15.2 Å². The molecule has 1 atom stereocenters. The largest absolute Gasteiger partial charge is 0.480 e. The quantitative estimate of drug-likeness (QED) is 0.741. The smallest absolute Gasteiger partial charge is 0.407 e. The second kappa shape index (κ2) is 8.13. The summed E-state index contributed by atoms with van der Waals surface area (Å²) in [5.41, 5.74) is 0.851. The minimum absolute atomic E-state index is 0.235. The van der Waals surface area contributed by atoms with Crippen LogP contribution in [-0.2, 0) is 16.0 Å². The third-order valence-corrected chi connectivity index (χ3v) is 2.60. The number of ether oxygens (including phenoxy) is 1. The standard InChI is InChI=1S/C14H19NO4/c1-2-3-9-19-14(18)15-12(13(16)17)10-11-7-5-4-6-8-11/h4-8,12H,2-3,9-10H2,1H3,(H,15,18)(H,16,17)/t12-/m0/s1. The molecule has 1 amide bonds. The number of hydrogen-bond donors (Lipinski definition) is 2. The van der Waals surface area contributed by atoms with Crippen molar-refractivity contribution in [3.05, 3.63) is 35.9 Å². The van der Waals surface area contributed by atoms with Crippen LogP contribution < -0.4 is 5.32 Å². The summed E-state index contributed by atoms with van der Waals surface area (Å²) in [4.78, 5) is 22.5. The minimum Gasteiger partial charge on any atom is -0.480 e. The summed E-state index contributed by atoms with van der Waals surface area (Å²) in [5.74, 6) is -1.07. The first-order valence-electron chi connectivity index (χ1n) is 6.33. The van der Waals surface area contributed by atoms with E-state index in [-0.39, 0.29) is 6.42 Å². The summed E-state index contributed by atoms with van der Waals surface area (Å²) in [6.07, 6.45) is 1.24. The number of benzene rings is 1. The molecule has 1 aromatic carbocycles. The molecule has 0 saturated heterocycles. The van der Waals surface area contributed by atoms with E-state index in [2.05, 4.69) is 5.32 Å². The van der Waals surface area contributed by atoms with Gasteiger partial charge in [-0.05, 0) is 12.0 Å². The predicted molar refractivity (Wildman–Crippen MR) is 71.0 cm³/mol. The molecule has 5 heteroatoms. The zero-order valence-corrected chi connectivity index (χ0v) is 11.0. The van der Waals surface area contributed by atoms with E-state index in [9.17, 15) is 9.59 Å². The van der Waals surface area contributed by atoms with Crippen molar-refractivity contribution >= 4 is 12.1 Å². The van der Waals surface area contributed by atoms with Crippen molar-refractivity contribution in [3.8, 4) is 0 Å². The van der Waals surface area contributed by atoms with Crippen LogP contribution in [0.5, 0.6) is 0 Å². The number of amides is 1. The number of unbranched alkanes of at least 4 members (excludes halogenated alkanes) is 1. The maximum Gasteiger partial charge on any atom is 0.407 e. The molecule has 1 rings (SSSR count). The van der Waals surface area contributed by atoms with Crippen LogP contribution in [0.25, 0.3) is 0 Å². The Bertz CT molecular complexity index is 405. The van der Waals surface area contributed by atoms with Crippen LogP contribution in [0.3, 0.4) is 0 Å². The molecule has 0 radical (unpaired) electrons. The van der Waals surface area contributed by atoms with Gasteiger partial charge in [-0.1, -0.05) is 43.7 Å². The van der Waals surface area contributed by atoms with Gasteiger partial charge in [-0.15, -0.1) is 0 Å². The topological polar surface area (TPSA) is 75.6 Å². The normalized spacial score (nSPS) is 11.6. The fraction of sp³-hybridized carbons (Fsp3) is 0.429. The Hall–Kier alpha value is -2.04. The van der Waals surface area contributed by atoms with E-state index in [0.29, 0.717) is 6.61 Å². The maximum absolute atomic E-state index is 11.4. The molecule has 0 spiro atoms. The number of aliphatic carboxylic acids is 1. The average molecular weight is 265 g/mol. The molecule has 2 N–H and O–H groups in total. The van der Waals surface area contributed by atoms with E-state index in [1.54, 1.807) is 0 Å². The number of carbonyl (C=O) groups excluding carboxylic acids is 1. The molecule has 0 fully saturated rings. The van der Waals surface area contributed by atoms with Gasteiger partial charge in [-0.25, -0.2) is 9.59 Å². The lowest BCUT2D eigenvalue weighted by molar-refractivity contribution is -0.139. The highest BCUT2D eigenvalue weighted by molar-refractivity contribution is 5.80. The van der Waals surface area contributed by atoms with E-state index in [1.165, 1.54) is 0 Å². The van der Waals surface area contributed by atoms with E-state index in [0.717, 1.165) is 18.4 Å². The summed E-state index contributed by atoms with van der Waals surface area (Å²) in [7, 11) is 0. The first-order valence-corrected chi connectivity index (χ1v) is 6.33. The molecule has 0 aliphatic heterocycles. The van der Waals surface area contributed by atoms with Crippen molar-refractivity contribution in [2.45, 2.75) is 32.2 Å². The molecule has 0 aromatic heterocycles. The van der Waals surface area contributed by atoms with Gasteiger partial charge in [-0.3, -0.25) is 0 Å². The second-order valence-electron chi connectivity index (χ2n) is 4.21. The SMILES string of the molecule is CCCCOC(=O)N[C@@H](Cc1ccccc1)C(=O)O. The lowest BCUT2D eigenvalue weighted by atomic mass is 10.1. The molecule has 0 bridgehead atoms. The first kappa shape index (κ1) is 15.0. The number of rotatable bonds is 7. The summed E-state index contributed by atoms with van der Waals surface area (Å²) in [6, 6.07) is 8.17. The summed E-state index contributed by atoms with van der Waals surface area (Å²) < 4.78 is 4.89. The van der Waals surface area contributed by atoms with Gasteiger partial charge in [0.2, 0.25) is 0 Å². The lowest BCUT2D eigenvalue weighted by Crippen LogP contribution is -2.42. The van der Waals surface area contributed by atoms with Crippen molar-refractivity contribution < 1.29 is 19.4 Å². The number of alkyl carbamates (subject to hydrolysis) is 1. The van der Waals surface area contributed by atoms with Crippen LogP contribution in [0.4, 0.5) is 4.79 Å². The highest BCUT2D eigenvalue weighted by Gasteiger charge is 2.20. The molecule has 0 unspecified atom stereocenters. The highest BCUT2D eigenvalue weighted by atomic mass is 16.5. The minimum atomic E-state index is -1.07. The Kier molecular flexibility index (Phi) is 6.43. The highest BCUT2D eigenvalue weighted by Crippen LogP contribution is 2.04. The molecule has 0 aliphatic rings. The van der Waals surface area contributed by atoms with Crippen molar-refractivity contribution in [1.29, 1.82) is 0 Å². The predicted octanol–water partition coefficient (Wildman–Crippen LogP) is 2.21. The molecular formula is C14H19NO4. The monoisotopic (exact) mass is 265 g/mol. The van der Waals surface area contributed by atoms with Crippen molar-refractivity contribution in [3.63, 3.8) is 0 Å². The maximum atomic E-state index is 11.4. The Morgan fingerprint density at radius 3 is 2.58 bits per heavy atom. The number of carboxylic acid groups (broad SMARTS) is 1. The summed E-state index contributed by atoms with van der Waals surface area (Å²) >= 11 is 0. The van der Waals surface area contributed by atoms with Crippen LogP contribution in [0.2, 0.25) is 0 Å². The van der Waals surface area contributed by atoms with Crippen molar-refractivity contribution in [2.24, 2.45) is 0 Å². The molecule has 104 valence electrons. The Labute approximate surface area is 112 Å². The van der Waals surface area contributed by atoms with Gasteiger partial charge in [0, 0.05) is 6.42 Å². The summed E-state index contributed by atoms with van der Waals surface area (Å²) in [6.45, 7) is 2.29. The third kappa shape index (κ3) is 5.90. The van der Waals surface area contributed by atoms with Crippen molar-refractivity contribution in [1.82, 2.24) is 5.32 Å². The Morgan fingerprint density at radius 1 is 1.32 bits per heavy atom. The zero-order chi connectivity index (χ0) is 14.1. The van der Waals surface area contributed by atoms with Gasteiger partial charge in [0.1, 0.15) is 6.04 Å². The number of hydrogen-bond acceptors (Lipinski definition) is 3. The second-order valence-corrected chi connectivity index (χ2v) is 4.21. The average Bonchev–Trinajstić information content (AvgIpc) is 2.39.